The van der Waals surface area contributed by atoms with Gasteiger partial charge in [-0.1, -0.05) is 0 Å². The average Bonchev–Trinajstić information content (AvgIpc) is 2.33. The summed E-state index contributed by atoms with van der Waals surface area (Å²) in [5.41, 5.74) is 0.487. The third-order valence-electron chi connectivity index (χ3n) is 2.25. The van der Waals surface area contributed by atoms with Gasteiger partial charge in [-0.25, -0.2) is 0 Å². The van der Waals surface area contributed by atoms with Gasteiger partial charge >= 0.3 is 0 Å². The Kier molecular flexibility index (Phi) is 5.27. The first-order chi connectivity index (χ1) is 8.54. The molecule has 0 saturated heterocycles. The van der Waals surface area contributed by atoms with Crippen molar-refractivity contribution >= 4 is 22.2 Å². The molecule has 0 radical (unpaired) electrons. The summed E-state index contributed by atoms with van der Waals surface area (Å²) in [7, 11) is -0.821. The number of anilines is 1. The van der Waals surface area contributed by atoms with Crippen LogP contribution in [0.1, 0.15) is 12.0 Å². The van der Waals surface area contributed by atoms with Crippen LogP contribution in [0.5, 0.6) is 0 Å². The fourth-order valence-corrected chi connectivity index (χ4v) is 1.95. The zero-order valence-corrected chi connectivity index (χ0v) is 10.7. The number of benzene rings is 1. The standard InChI is InChI=1S/C11H13N3O3S/c1-18(17)6-2-5-13-10-3-4-11(14(15)16)9(7-10)8-12/h3-4,7,13H,2,5-6H2,1H3. The van der Waals surface area contributed by atoms with E-state index in [0.29, 0.717) is 18.0 Å². The third-order valence-corrected chi connectivity index (χ3v) is 3.11. The Balaban J connectivity index is 2.66. The Hall–Kier alpha value is -1.94. The van der Waals surface area contributed by atoms with Gasteiger partial charge in [-0.2, -0.15) is 5.26 Å². The maximum absolute atomic E-state index is 10.8. The van der Waals surface area contributed by atoms with E-state index in [1.165, 1.54) is 12.1 Å². The molecule has 1 unspecified atom stereocenters. The van der Waals surface area contributed by atoms with Gasteiger partial charge in [0.1, 0.15) is 11.6 Å². The van der Waals surface area contributed by atoms with Crippen LogP contribution in [0, 0.1) is 21.4 Å². The highest BCUT2D eigenvalue weighted by Crippen LogP contribution is 2.21. The van der Waals surface area contributed by atoms with Crippen LogP contribution in [-0.2, 0) is 10.8 Å². The number of nitro groups is 1. The molecule has 96 valence electrons. The van der Waals surface area contributed by atoms with Gasteiger partial charge in [0.15, 0.2) is 0 Å². The molecule has 7 heteroatoms. The molecule has 0 heterocycles. The summed E-state index contributed by atoms with van der Waals surface area (Å²) in [6.07, 6.45) is 2.38. The van der Waals surface area contributed by atoms with E-state index < -0.39 is 15.7 Å². The summed E-state index contributed by atoms with van der Waals surface area (Å²) in [4.78, 5) is 10.0. The van der Waals surface area contributed by atoms with Crippen molar-refractivity contribution in [2.45, 2.75) is 6.42 Å². The van der Waals surface area contributed by atoms with Crippen LogP contribution in [0.25, 0.3) is 0 Å². The Morgan fingerprint density at radius 2 is 2.28 bits per heavy atom. The van der Waals surface area contributed by atoms with Crippen LogP contribution in [0.4, 0.5) is 11.4 Å². The van der Waals surface area contributed by atoms with Gasteiger partial charge in [0.05, 0.1) is 4.92 Å². The van der Waals surface area contributed by atoms with Gasteiger partial charge < -0.3 is 5.32 Å². The molecule has 0 aliphatic rings. The van der Waals surface area contributed by atoms with E-state index in [4.69, 9.17) is 5.26 Å². The van der Waals surface area contributed by atoms with Crippen LogP contribution < -0.4 is 5.32 Å². The molecule has 0 aliphatic heterocycles. The van der Waals surface area contributed by atoms with Crippen LogP contribution in [0.3, 0.4) is 0 Å². The van der Waals surface area contributed by atoms with Crippen molar-refractivity contribution in [1.29, 1.82) is 5.26 Å². The first-order valence-electron chi connectivity index (χ1n) is 5.27. The van der Waals surface area contributed by atoms with E-state index in [2.05, 4.69) is 5.32 Å². The number of rotatable bonds is 6. The zero-order chi connectivity index (χ0) is 13.5. The third kappa shape index (κ3) is 4.14. The second-order valence-corrected chi connectivity index (χ2v) is 5.21. The van der Waals surface area contributed by atoms with Crippen molar-refractivity contribution in [1.82, 2.24) is 0 Å². The molecule has 0 aliphatic carbocycles. The number of nitrogens with one attached hydrogen (secondary N) is 1. The summed E-state index contributed by atoms with van der Waals surface area (Å²) in [5.74, 6) is 0.602. The summed E-state index contributed by atoms with van der Waals surface area (Å²) < 4.78 is 10.8. The van der Waals surface area contributed by atoms with Gasteiger partial charge in [0, 0.05) is 41.1 Å². The lowest BCUT2D eigenvalue weighted by Gasteiger charge is -2.06. The number of nitro benzene ring substituents is 1. The molecule has 1 atom stereocenters. The first kappa shape index (κ1) is 14.1. The van der Waals surface area contributed by atoms with Crippen LogP contribution in [-0.4, -0.2) is 27.7 Å². The molecular weight excluding hydrogens is 254 g/mol. The fourth-order valence-electron chi connectivity index (χ4n) is 1.40. The van der Waals surface area contributed by atoms with Crippen molar-refractivity contribution in [3.63, 3.8) is 0 Å². The topological polar surface area (TPSA) is 96.0 Å². The minimum Gasteiger partial charge on any atom is -0.385 e. The van der Waals surface area contributed by atoms with Crippen molar-refractivity contribution in [2.24, 2.45) is 0 Å². The maximum atomic E-state index is 10.8. The van der Waals surface area contributed by atoms with Crippen LogP contribution >= 0.6 is 0 Å². The predicted molar refractivity (Wildman–Crippen MR) is 69.9 cm³/mol. The molecule has 0 bridgehead atoms. The lowest BCUT2D eigenvalue weighted by atomic mass is 10.1. The van der Waals surface area contributed by atoms with Gasteiger partial charge in [-0.15, -0.1) is 0 Å². The molecule has 0 fully saturated rings. The second-order valence-electron chi connectivity index (χ2n) is 3.66. The van der Waals surface area contributed by atoms with Crippen molar-refractivity contribution in [3.05, 3.63) is 33.9 Å². The average molecular weight is 267 g/mol. The first-order valence-corrected chi connectivity index (χ1v) is 6.99. The summed E-state index contributed by atoms with van der Waals surface area (Å²) in [6, 6.07) is 6.10. The number of nitriles is 1. The number of hydrogen-bond donors (Lipinski definition) is 1. The van der Waals surface area contributed by atoms with E-state index in [9.17, 15) is 14.3 Å². The molecule has 0 aromatic heterocycles. The van der Waals surface area contributed by atoms with Gasteiger partial charge in [0.25, 0.3) is 5.69 Å². The van der Waals surface area contributed by atoms with E-state index >= 15 is 0 Å². The van der Waals surface area contributed by atoms with E-state index in [1.54, 1.807) is 18.4 Å². The van der Waals surface area contributed by atoms with Gasteiger partial charge in [-0.05, 0) is 18.6 Å². The molecule has 6 nitrogen and oxygen atoms in total. The summed E-state index contributed by atoms with van der Waals surface area (Å²) >= 11 is 0. The molecule has 18 heavy (non-hydrogen) atoms. The van der Waals surface area contributed by atoms with E-state index in [1.807, 2.05) is 0 Å². The minimum absolute atomic E-state index is 0.0315. The van der Waals surface area contributed by atoms with E-state index in [0.717, 1.165) is 6.42 Å². The quantitative estimate of drug-likeness (QED) is 0.480. The van der Waals surface area contributed by atoms with Crippen molar-refractivity contribution in [2.75, 3.05) is 23.9 Å². The van der Waals surface area contributed by atoms with Crippen molar-refractivity contribution in [3.8, 4) is 6.07 Å². The minimum atomic E-state index is -0.821. The summed E-state index contributed by atoms with van der Waals surface area (Å²) in [5, 5.41) is 22.5. The Bertz CT molecular complexity index is 511. The Labute approximate surface area is 107 Å². The SMILES string of the molecule is CS(=O)CCCNc1ccc([N+](=O)[O-])c(C#N)c1. The fraction of sp³-hybridized carbons (Fsp3) is 0.364. The molecule has 0 spiro atoms. The highest BCUT2D eigenvalue weighted by atomic mass is 32.2. The molecule has 0 saturated carbocycles. The largest absolute Gasteiger partial charge is 0.385 e. The maximum Gasteiger partial charge on any atom is 0.287 e. The Morgan fingerprint density at radius 1 is 1.56 bits per heavy atom. The van der Waals surface area contributed by atoms with Gasteiger partial charge in [-0.3, -0.25) is 14.3 Å². The lowest BCUT2D eigenvalue weighted by Crippen LogP contribution is -2.06. The molecule has 1 N–H and O–H groups in total. The van der Waals surface area contributed by atoms with Gasteiger partial charge in [0.2, 0.25) is 0 Å². The molecule has 1 rings (SSSR count). The molecule has 1 aromatic rings. The van der Waals surface area contributed by atoms with Crippen molar-refractivity contribution < 1.29 is 9.13 Å². The van der Waals surface area contributed by atoms with Crippen LogP contribution in [0.15, 0.2) is 18.2 Å². The smallest absolute Gasteiger partial charge is 0.287 e. The second kappa shape index (κ2) is 6.71. The molecule has 1 aromatic carbocycles. The predicted octanol–water partition coefficient (Wildman–Crippen LogP) is 1.65. The lowest BCUT2D eigenvalue weighted by molar-refractivity contribution is -0.385. The Morgan fingerprint density at radius 3 is 2.83 bits per heavy atom. The zero-order valence-electron chi connectivity index (χ0n) is 9.88. The molecule has 0 amide bonds. The number of hydrogen-bond acceptors (Lipinski definition) is 5. The summed E-state index contributed by atoms with van der Waals surface area (Å²) in [6.45, 7) is 0.613. The normalized spacial score (nSPS) is 11.6. The highest BCUT2D eigenvalue weighted by Gasteiger charge is 2.13. The monoisotopic (exact) mass is 267 g/mol. The van der Waals surface area contributed by atoms with E-state index in [-0.39, 0.29) is 11.3 Å². The highest BCUT2D eigenvalue weighted by molar-refractivity contribution is 7.84. The van der Waals surface area contributed by atoms with Crippen LogP contribution in [0.2, 0.25) is 0 Å². The molecular formula is C11H13N3O3S. The number of nitrogens with zero attached hydrogens (tertiary/aromatic N) is 2.